The third kappa shape index (κ3) is 1.39. The lowest BCUT2D eigenvalue weighted by molar-refractivity contribution is -0.154. The van der Waals surface area contributed by atoms with Crippen molar-refractivity contribution in [2.75, 3.05) is 0 Å². The Kier molecular flexibility index (Phi) is 2.49. The van der Waals surface area contributed by atoms with Crippen LogP contribution in [-0.2, 0) is 9.59 Å². The molecule has 2 aliphatic heterocycles. The van der Waals surface area contributed by atoms with Crippen molar-refractivity contribution in [1.82, 2.24) is 4.90 Å². The van der Waals surface area contributed by atoms with Crippen molar-refractivity contribution in [1.29, 1.82) is 5.26 Å². The van der Waals surface area contributed by atoms with Gasteiger partial charge in [-0.05, 0) is 12.8 Å². The minimum Gasteiger partial charge on any atom is -0.477 e. The van der Waals surface area contributed by atoms with Gasteiger partial charge in [0.05, 0.1) is 18.0 Å². The molecule has 2 aliphatic rings. The van der Waals surface area contributed by atoms with Gasteiger partial charge in [0.1, 0.15) is 5.70 Å². The number of nitrogens with zero attached hydrogens (tertiary/aromatic N) is 2. The van der Waals surface area contributed by atoms with E-state index in [4.69, 9.17) is 10.4 Å². The van der Waals surface area contributed by atoms with E-state index in [2.05, 4.69) is 0 Å². The number of β-lactam (4-membered cyclic amide) rings is 1. The van der Waals surface area contributed by atoms with E-state index in [1.165, 1.54) is 11.0 Å². The van der Waals surface area contributed by atoms with E-state index in [1.807, 2.05) is 6.07 Å². The molecule has 0 aromatic heterocycles. The summed E-state index contributed by atoms with van der Waals surface area (Å²) in [5.41, 5.74) is 0.0931. The number of amides is 1. The smallest absolute Gasteiger partial charge is 0.352 e. The number of carbonyl (C=O) groups excluding carboxylic acids is 1. The molecule has 2 rings (SSSR count). The van der Waals surface area contributed by atoms with Crippen LogP contribution in [0.1, 0.15) is 12.8 Å². The number of nitriles is 1. The molecule has 0 saturated carbocycles. The summed E-state index contributed by atoms with van der Waals surface area (Å²) in [5.74, 6) is -1.38. The van der Waals surface area contributed by atoms with Crippen molar-refractivity contribution in [3.63, 3.8) is 0 Å². The molecule has 1 amide bonds. The first-order chi connectivity index (χ1) is 7.66. The molecular weight excluding hydrogens is 208 g/mol. The number of carboxylic acid groups (broad SMARTS) is 1. The zero-order valence-electron chi connectivity index (χ0n) is 8.46. The second kappa shape index (κ2) is 3.81. The number of hydrogen-bond acceptors (Lipinski definition) is 3. The lowest BCUT2D eigenvalue weighted by Gasteiger charge is -2.43. The topological polar surface area (TPSA) is 81.4 Å². The molecule has 0 radical (unpaired) electrons. The number of fused-ring (bicyclic) bond motifs is 1. The Balaban J connectivity index is 2.02. The van der Waals surface area contributed by atoms with Gasteiger partial charge >= 0.3 is 5.97 Å². The maximum absolute atomic E-state index is 11.7. The number of rotatable bonds is 3. The van der Waals surface area contributed by atoms with E-state index in [0.717, 1.165) is 0 Å². The van der Waals surface area contributed by atoms with Gasteiger partial charge in [0, 0.05) is 6.08 Å². The largest absolute Gasteiger partial charge is 0.477 e. The summed E-state index contributed by atoms with van der Waals surface area (Å²) < 4.78 is 0. The highest BCUT2D eigenvalue weighted by molar-refractivity contribution is 5.98. The van der Waals surface area contributed by atoms with E-state index in [0.29, 0.717) is 12.8 Å². The molecule has 5 heteroatoms. The Morgan fingerprint density at radius 1 is 1.75 bits per heavy atom. The zero-order valence-corrected chi connectivity index (χ0v) is 8.46. The van der Waals surface area contributed by atoms with Gasteiger partial charge in [-0.2, -0.15) is 5.26 Å². The number of carbonyl (C=O) groups is 2. The molecule has 0 aliphatic carbocycles. The number of hydrogen-bond donors (Lipinski definition) is 1. The number of allylic oxidation sites excluding steroid dienone is 2. The van der Waals surface area contributed by atoms with E-state index >= 15 is 0 Å². The van der Waals surface area contributed by atoms with Crippen LogP contribution in [0.3, 0.4) is 0 Å². The highest BCUT2D eigenvalue weighted by Crippen LogP contribution is 2.40. The first kappa shape index (κ1) is 10.4. The van der Waals surface area contributed by atoms with Gasteiger partial charge < -0.3 is 10.0 Å². The summed E-state index contributed by atoms with van der Waals surface area (Å²) in [6.07, 6.45) is 5.68. The highest BCUT2D eigenvalue weighted by Gasteiger charge is 2.51. The summed E-state index contributed by atoms with van der Waals surface area (Å²) in [6, 6.07) is 1.83. The molecule has 2 unspecified atom stereocenters. The minimum absolute atomic E-state index is 0.0260. The van der Waals surface area contributed by atoms with Crippen LogP contribution < -0.4 is 0 Å². The molecule has 0 aromatic carbocycles. The summed E-state index contributed by atoms with van der Waals surface area (Å²) >= 11 is 0. The van der Waals surface area contributed by atoms with Crippen LogP contribution in [0.5, 0.6) is 0 Å². The van der Waals surface area contributed by atoms with E-state index in [1.54, 1.807) is 12.2 Å². The van der Waals surface area contributed by atoms with Crippen molar-refractivity contribution in [2.24, 2.45) is 5.92 Å². The lowest BCUT2D eigenvalue weighted by Crippen LogP contribution is -2.58. The maximum atomic E-state index is 11.7. The molecule has 1 N–H and O–H groups in total. The Morgan fingerprint density at radius 2 is 2.50 bits per heavy atom. The zero-order chi connectivity index (χ0) is 11.7. The molecular formula is C11H10N2O3. The predicted molar refractivity (Wildman–Crippen MR) is 53.8 cm³/mol. The molecule has 0 aromatic rings. The molecule has 2 atom stereocenters. The molecule has 1 fully saturated rings. The number of aliphatic carboxylic acids is 1. The lowest BCUT2D eigenvalue weighted by atomic mass is 9.85. The average Bonchev–Trinajstić information content (AvgIpc) is 2.64. The second-order valence-electron chi connectivity index (χ2n) is 3.78. The summed E-state index contributed by atoms with van der Waals surface area (Å²) in [7, 11) is 0. The quantitative estimate of drug-likeness (QED) is 0.557. The fourth-order valence-corrected chi connectivity index (χ4v) is 2.22. The molecule has 1 saturated heterocycles. The first-order valence-corrected chi connectivity index (χ1v) is 4.98. The normalized spacial score (nSPS) is 27.3. The van der Waals surface area contributed by atoms with Crippen LogP contribution in [0, 0.1) is 17.2 Å². The highest BCUT2D eigenvalue weighted by atomic mass is 16.4. The third-order valence-electron chi connectivity index (χ3n) is 2.96. The van der Waals surface area contributed by atoms with Gasteiger partial charge in [-0.25, -0.2) is 4.79 Å². The summed E-state index contributed by atoms with van der Waals surface area (Å²) in [6.45, 7) is 0. The average molecular weight is 218 g/mol. The SMILES string of the molecule is N#CC=CCC1C(=O)N2C(C(=O)O)=CCC12. The maximum Gasteiger partial charge on any atom is 0.352 e. The monoisotopic (exact) mass is 218 g/mol. The summed E-state index contributed by atoms with van der Waals surface area (Å²) in [4.78, 5) is 23.8. The van der Waals surface area contributed by atoms with Crippen molar-refractivity contribution in [3.05, 3.63) is 23.9 Å². The minimum atomic E-state index is -1.05. The summed E-state index contributed by atoms with van der Waals surface area (Å²) in [5, 5.41) is 17.2. The first-order valence-electron chi connectivity index (χ1n) is 4.98. The number of carboxylic acids is 1. The van der Waals surface area contributed by atoms with E-state index in [9.17, 15) is 9.59 Å². The predicted octanol–water partition coefficient (Wildman–Crippen LogP) is 0.655. The van der Waals surface area contributed by atoms with Gasteiger partial charge in [-0.15, -0.1) is 0 Å². The van der Waals surface area contributed by atoms with Crippen LogP contribution >= 0.6 is 0 Å². The van der Waals surface area contributed by atoms with Crippen LogP contribution in [0.2, 0.25) is 0 Å². The van der Waals surface area contributed by atoms with Crippen LogP contribution in [0.25, 0.3) is 0 Å². The van der Waals surface area contributed by atoms with Crippen molar-refractivity contribution >= 4 is 11.9 Å². The van der Waals surface area contributed by atoms with Crippen LogP contribution in [0.15, 0.2) is 23.9 Å². The van der Waals surface area contributed by atoms with Gasteiger partial charge in [-0.3, -0.25) is 4.79 Å². The Labute approximate surface area is 92.3 Å². The molecule has 0 bridgehead atoms. The fraction of sp³-hybridized carbons (Fsp3) is 0.364. The third-order valence-corrected chi connectivity index (χ3v) is 2.96. The van der Waals surface area contributed by atoms with Gasteiger partial charge in [0.15, 0.2) is 0 Å². The van der Waals surface area contributed by atoms with Gasteiger partial charge in [-0.1, -0.05) is 12.2 Å². The second-order valence-corrected chi connectivity index (χ2v) is 3.78. The Bertz CT molecular complexity index is 445. The molecule has 16 heavy (non-hydrogen) atoms. The van der Waals surface area contributed by atoms with E-state index < -0.39 is 5.97 Å². The molecule has 0 spiro atoms. The Hall–Kier alpha value is -2.09. The van der Waals surface area contributed by atoms with Gasteiger partial charge in [0.25, 0.3) is 0 Å². The standard InChI is InChI=1S/C11H10N2O3/c12-6-2-1-3-7-8-4-5-9(11(15)16)13(8)10(7)14/h1-2,5,7-8H,3-4H2,(H,15,16). The van der Waals surface area contributed by atoms with Crippen LogP contribution in [-0.4, -0.2) is 27.9 Å². The fourth-order valence-electron chi connectivity index (χ4n) is 2.22. The van der Waals surface area contributed by atoms with E-state index in [-0.39, 0.29) is 23.6 Å². The van der Waals surface area contributed by atoms with Crippen LogP contribution in [0.4, 0.5) is 0 Å². The molecule has 2 heterocycles. The molecule has 5 nitrogen and oxygen atoms in total. The van der Waals surface area contributed by atoms with Crippen molar-refractivity contribution < 1.29 is 14.7 Å². The van der Waals surface area contributed by atoms with Gasteiger partial charge in [0.2, 0.25) is 5.91 Å². The van der Waals surface area contributed by atoms with Crippen molar-refractivity contribution in [2.45, 2.75) is 18.9 Å². The molecule has 82 valence electrons. The Morgan fingerprint density at radius 3 is 3.12 bits per heavy atom. The van der Waals surface area contributed by atoms with Crippen molar-refractivity contribution in [3.8, 4) is 6.07 Å².